The smallest absolute Gasteiger partial charge is 0.183 e. The summed E-state index contributed by atoms with van der Waals surface area (Å²) in [6, 6.07) is 0.182. The lowest BCUT2D eigenvalue weighted by Crippen LogP contribution is -2.11. The first-order chi connectivity index (χ1) is 6.77. The van der Waals surface area contributed by atoms with Gasteiger partial charge in [0.1, 0.15) is 5.82 Å². The van der Waals surface area contributed by atoms with Crippen molar-refractivity contribution in [3.05, 3.63) is 29.8 Å². The lowest BCUT2D eigenvalue weighted by atomic mass is 10.3. The summed E-state index contributed by atoms with van der Waals surface area (Å²) in [5, 5.41) is 6.17. The largest absolute Gasteiger partial charge is 0.352 e. The van der Waals surface area contributed by atoms with Gasteiger partial charge in [-0.05, 0) is 6.92 Å². The monoisotopic (exact) mass is 208 g/mol. The zero-order valence-corrected chi connectivity index (χ0v) is 8.95. The van der Waals surface area contributed by atoms with Gasteiger partial charge >= 0.3 is 0 Å². The van der Waals surface area contributed by atoms with Crippen LogP contribution in [0.5, 0.6) is 0 Å². The molecular formula is C9H12N4S. The second-order valence-electron chi connectivity index (χ2n) is 3.10. The van der Waals surface area contributed by atoms with E-state index in [2.05, 4.69) is 22.2 Å². The van der Waals surface area contributed by atoms with Crippen molar-refractivity contribution in [1.82, 2.24) is 14.5 Å². The standard InChI is InChI=1S/C9H12N4S/c1-7(8-10-3-5-13(8)2)12-9-11-4-6-14-9/h3-7H,1-2H3,(H,11,12). The average Bonchev–Trinajstić information content (AvgIpc) is 2.75. The highest BCUT2D eigenvalue weighted by atomic mass is 32.1. The van der Waals surface area contributed by atoms with Crippen LogP contribution in [0.1, 0.15) is 18.8 Å². The Kier molecular flexibility index (Phi) is 2.49. The minimum absolute atomic E-state index is 0.182. The molecule has 0 bridgehead atoms. The zero-order valence-electron chi connectivity index (χ0n) is 8.14. The minimum atomic E-state index is 0.182. The van der Waals surface area contributed by atoms with Crippen LogP contribution in [0.3, 0.4) is 0 Å². The highest BCUT2D eigenvalue weighted by Gasteiger charge is 2.10. The number of hydrogen-bond acceptors (Lipinski definition) is 4. The van der Waals surface area contributed by atoms with Gasteiger partial charge in [0, 0.05) is 31.0 Å². The summed E-state index contributed by atoms with van der Waals surface area (Å²) in [5.41, 5.74) is 0. The van der Waals surface area contributed by atoms with Crippen LogP contribution in [0.25, 0.3) is 0 Å². The third-order valence-corrected chi connectivity index (χ3v) is 2.72. The van der Waals surface area contributed by atoms with Crippen molar-refractivity contribution in [1.29, 1.82) is 0 Å². The first kappa shape index (κ1) is 9.21. The SMILES string of the molecule is CC(Nc1nccs1)c1nccn1C. The molecule has 2 aromatic heterocycles. The van der Waals surface area contributed by atoms with Gasteiger partial charge in [0.2, 0.25) is 0 Å². The van der Waals surface area contributed by atoms with Crippen molar-refractivity contribution >= 4 is 16.5 Å². The Morgan fingerprint density at radius 1 is 1.43 bits per heavy atom. The van der Waals surface area contributed by atoms with Crippen molar-refractivity contribution in [2.24, 2.45) is 7.05 Å². The zero-order chi connectivity index (χ0) is 9.97. The maximum Gasteiger partial charge on any atom is 0.183 e. The molecule has 0 saturated carbocycles. The molecule has 0 fully saturated rings. The van der Waals surface area contributed by atoms with Gasteiger partial charge in [-0.25, -0.2) is 9.97 Å². The first-order valence-electron chi connectivity index (χ1n) is 4.40. The molecule has 1 unspecified atom stereocenters. The molecule has 1 N–H and O–H groups in total. The van der Waals surface area contributed by atoms with E-state index in [0.717, 1.165) is 11.0 Å². The van der Waals surface area contributed by atoms with Gasteiger partial charge in [-0.3, -0.25) is 0 Å². The van der Waals surface area contributed by atoms with E-state index in [1.165, 1.54) is 0 Å². The molecule has 0 aliphatic heterocycles. The molecule has 4 nitrogen and oxygen atoms in total. The number of nitrogens with one attached hydrogen (secondary N) is 1. The summed E-state index contributed by atoms with van der Waals surface area (Å²) in [7, 11) is 1.99. The van der Waals surface area contributed by atoms with E-state index in [0.29, 0.717) is 0 Å². The number of rotatable bonds is 3. The van der Waals surface area contributed by atoms with Crippen LogP contribution in [0.2, 0.25) is 0 Å². The molecule has 0 aromatic carbocycles. The molecule has 2 heterocycles. The lowest BCUT2D eigenvalue weighted by Gasteiger charge is -2.12. The van der Waals surface area contributed by atoms with Crippen LogP contribution < -0.4 is 5.32 Å². The maximum absolute atomic E-state index is 4.27. The normalized spacial score (nSPS) is 12.7. The van der Waals surface area contributed by atoms with Crippen LogP contribution >= 0.6 is 11.3 Å². The van der Waals surface area contributed by atoms with E-state index in [1.54, 1.807) is 23.7 Å². The molecule has 5 heteroatoms. The van der Waals surface area contributed by atoms with E-state index in [4.69, 9.17) is 0 Å². The van der Waals surface area contributed by atoms with E-state index < -0.39 is 0 Å². The predicted octanol–water partition coefficient (Wildman–Crippen LogP) is 2.05. The second kappa shape index (κ2) is 3.79. The molecule has 14 heavy (non-hydrogen) atoms. The number of anilines is 1. The van der Waals surface area contributed by atoms with Crippen LogP contribution in [-0.2, 0) is 7.05 Å². The summed E-state index contributed by atoms with van der Waals surface area (Å²) >= 11 is 1.60. The number of nitrogens with zero attached hydrogens (tertiary/aromatic N) is 3. The Bertz CT molecular complexity index is 393. The van der Waals surface area contributed by atoms with Crippen LogP contribution in [0, 0.1) is 0 Å². The summed E-state index contributed by atoms with van der Waals surface area (Å²) in [6.07, 6.45) is 5.53. The Balaban J connectivity index is 2.10. The fourth-order valence-corrected chi connectivity index (χ4v) is 1.96. The molecular weight excluding hydrogens is 196 g/mol. The highest BCUT2D eigenvalue weighted by molar-refractivity contribution is 7.13. The summed E-state index contributed by atoms with van der Waals surface area (Å²) in [5.74, 6) is 1.01. The predicted molar refractivity (Wildman–Crippen MR) is 57.4 cm³/mol. The van der Waals surface area contributed by atoms with Gasteiger partial charge in [-0.1, -0.05) is 0 Å². The molecule has 74 valence electrons. The highest BCUT2D eigenvalue weighted by Crippen LogP contribution is 2.18. The summed E-state index contributed by atoms with van der Waals surface area (Å²) in [4.78, 5) is 8.44. The Labute approximate surface area is 86.6 Å². The third-order valence-electron chi connectivity index (χ3n) is 2.02. The van der Waals surface area contributed by atoms with Gasteiger partial charge in [-0.2, -0.15) is 0 Å². The number of imidazole rings is 1. The first-order valence-corrected chi connectivity index (χ1v) is 5.28. The van der Waals surface area contributed by atoms with Crippen molar-refractivity contribution in [3.63, 3.8) is 0 Å². The van der Waals surface area contributed by atoms with Gasteiger partial charge in [-0.15, -0.1) is 11.3 Å². The number of aromatic nitrogens is 3. The number of aryl methyl sites for hydroxylation is 1. The maximum atomic E-state index is 4.27. The molecule has 0 radical (unpaired) electrons. The van der Waals surface area contributed by atoms with Gasteiger partial charge in [0.15, 0.2) is 5.13 Å². The quantitative estimate of drug-likeness (QED) is 0.839. The van der Waals surface area contributed by atoms with Crippen LogP contribution in [0.15, 0.2) is 24.0 Å². The third kappa shape index (κ3) is 1.77. The average molecular weight is 208 g/mol. The summed E-state index contributed by atoms with van der Waals surface area (Å²) < 4.78 is 2.01. The number of thiazole rings is 1. The Morgan fingerprint density at radius 2 is 2.29 bits per heavy atom. The molecule has 1 atom stereocenters. The van der Waals surface area contributed by atoms with E-state index in [9.17, 15) is 0 Å². The van der Waals surface area contributed by atoms with E-state index in [1.807, 2.05) is 23.2 Å². The second-order valence-corrected chi connectivity index (χ2v) is 3.99. The van der Waals surface area contributed by atoms with Crippen molar-refractivity contribution in [3.8, 4) is 0 Å². The lowest BCUT2D eigenvalue weighted by molar-refractivity contribution is 0.721. The fraction of sp³-hybridized carbons (Fsp3) is 0.333. The van der Waals surface area contributed by atoms with Crippen LogP contribution in [-0.4, -0.2) is 14.5 Å². The van der Waals surface area contributed by atoms with Crippen molar-refractivity contribution in [2.45, 2.75) is 13.0 Å². The van der Waals surface area contributed by atoms with Crippen LogP contribution in [0.4, 0.5) is 5.13 Å². The Hall–Kier alpha value is -1.36. The topological polar surface area (TPSA) is 42.7 Å². The molecule has 2 rings (SSSR count). The summed E-state index contributed by atoms with van der Waals surface area (Å²) in [6.45, 7) is 2.07. The molecule has 0 saturated heterocycles. The van der Waals surface area contributed by atoms with Crippen molar-refractivity contribution in [2.75, 3.05) is 5.32 Å². The van der Waals surface area contributed by atoms with Gasteiger partial charge in [0.05, 0.1) is 6.04 Å². The minimum Gasteiger partial charge on any atom is -0.352 e. The van der Waals surface area contributed by atoms with E-state index in [-0.39, 0.29) is 6.04 Å². The van der Waals surface area contributed by atoms with Gasteiger partial charge < -0.3 is 9.88 Å². The molecule has 0 aliphatic carbocycles. The van der Waals surface area contributed by atoms with Crippen molar-refractivity contribution < 1.29 is 0 Å². The van der Waals surface area contributed by atoms with Gasteiger partial charge in [0.25, 0.3) is 0 Å². The molecule has 0 aliphatic rings. The number of hydrogen-bond donors (Lipinski definition) is 1. The molecule has 2 aromatic rings. The van der Waals surface area contributed by atoms with E-state index >= 15 is 0 Å². The Morgan fingerprint density at radius 3 is 2.86 bits per heavy atom. The molecule has 0 amide bonds. The molecule has 0 spiro atoms. The fourth-order valence-electron chi connectivity index (χ4n) is 1.34.